The molecule has 1 aromatic heterocycles. The van der Waals surface area contributed by atoms with Crippen LogP contribution in [0, 0.1) is 5.92 Å². The van der Waals surface area contributed by atoms with Gasteiger partial charge < -0.3 is 14.4 Å². The van der Waals surface area contributed by atoms with Gasteiger partial charge in [-0.1, -0.05) is 6.07 Å². The SMILES string of the molecule is O=C(c1ccc2c(c1)OCO2)N1CCC(Cc2cccs2)CC1. The van der Waals surface area contributed by atoms with Crippen LogP contribution in [0.4, 0.5) is 0 Å². The van der Waals surface area contributed by atoms with Crippen molar-refractivity contribution in [2.24, 2.45) is 5.92 Å². The molecule has 2 aromatic rings. The van der Waals surface area contributed by atoms with E-state index in [9.17, 15) is 4.79 Å². The predicted octanol–water partition coefficient (Wildman–Crippen LogP) is 3.57. The summed E-state index contributed by atoms with van der Waals surface area (Å²) in [7, 11) is 0. The lowest BCUT2D eigenvalue weighted by molar-refractivity contribution is 0.0690. The molecule has 23 heavy (non-hydrogen) atoms. The summed E-state index contributed by atoms with van der Waals surface area (Å²) < 4.78 is 10.7. The summed E-state index contributed by atoms with van der Waals surface area (Å²) in [4.78, 5) is 16.1. The quantitative estimate of drug-likeness (QED) is 0.864. The van der Waals surface area contributed by atoms with Gasteiger partial charge in [0.15, 0.2) is 11.5 Å². The molecule has 0 N–H and O–H groups in total. The van der Waals surface area contributed by atoms with Gasteiger partial charge >= 0.3 is 0 Å². The highest BCUT2D eigenvalue weighted by Gasteiger charge is 2.25. The van der Waals surface area contributed by atoms with Crippen LogP contribution in [0.5, 0.6) is 11.5 Å². The van der Waals surface area contributed by atoms with Crippen molar-refractivity contribution in [2.75, 3.05) is 19.9 Å². The number of benzene rings is 1. The van der Waals surface area contributed by atoms with E-state index in [0.717, 1.165) is 38.1 Å². The Hall–Kier alpha value is -2.01. The fourth-order valence-corrected chi connectivity index (χ4v) is 4.09. The van der Waals surface area contributed by atoms with Crippen molar-refractivity contribution in [1.82, 2.24) is 4.90 Å². The Morgan fingerprint density at radius 3 is 2.78 bits per heavy atom. The molecule has 0 unspecified atom stereocenters. The number of carbonyl (C=O) groups is 1. The number of fused-ring (bicyclic) bond motifs is 1. The van der Waals surface area contributed by atoms with E-state index in [1.54, 1.807) is 6.07 Å². The van der Waals surface area contributed by atoms with Gasteiger partial charge in [0.25, 0.3) is 5.91 Å². The molecule has 3 heterocycles. The average Bonchev–Trinajstić information content (AvgIpc) is 3.25. The monoisotopic (exact) mass is 329 g/mol. The van der Waals surface area contributed by atoms with Gasteiger partial charge in [0.05, 0.1) is 0 Å². The molecule has 0 bridgehead atoms. The molecule has 1 aromatic carbocycles. The number of thiophene rings is 1. The van der Waals surface area contributed by atoms with Crippen LogP contribution < -0.4 is 9.47 Å². The van der Waals surface area contributed by atoms with Crippen LogP contribution >= 0.6 is 11.3 Å². The second-order valence-electron chi connectivity index (χ2n) is 6.09. The summed E-state index contributed by atoms with van der Waals surface area (Å²) in [5.74, 6) is 2.17. The Balaban J connectivity index is 1.37. The standard InChI is InChI=1S/C18H19NO3S/c20-18(14-3-4-16-17(11-14)22-12-21-16)19-7-5-13(6-8-19)10-15-2-1-9-23-15/h1-4,9,11,13H,5-8,10,12H2. The maximum atomic E-state index is 12.7. The van der Waals surface area contributed by atoms with Crippen LogP contribution in [0.2, 0.25) is 0 Å². The van der Waals surface area contributed by atoms with Crippen molar-refractivity contribution in [3.63, 3.8) is 0 Å². The van der Waals surface area contributed by atoms with Crippen molar-refractivity contribution >= 4 is 17.2 Å². The van der Waals surface area contributed by atoms with Gasteiger partial charge in [-0.3, -0.25) is 4.79 Å². The minimum atomic E-state index is 0.0953. The lowest BCUT2D eigenvalue weighted by atomic mass is 9.92. The number of amides is 1. The fraction of sp³-hybridized carbons (Fsp3) is 0.389. The number of ether oxygens (including phenoxy) is 2. The van der Waals surface area contributed by atoms with Gasteiger partial charge in [-0.15, -0.1) is 11.3 Å². The van der Waals surface area contributed by atoms with Gasteiger partial charge in [-0.25, -0.2) is 0 Å². The second kappa shape index (κ2) is 6.24. The molecule has 0 aliphatic carbocycles. The number of nitrogens with zero attached hydrogens (tertiary/aromatic N) is 1. The zero-order valence-corrected chi connectivity index (χ0v) is 13.7. The summed E-state index contributed by atoms with van der Waals surface area (Å²) in [6.45, 7) is 1.91. The highest BCUT2D eigenvalue weighted by atomic mass is 32.1. The lowest BCUT2D eigenvalue weighted by Gasteiger charge is -2.32. The molecular formula is C18H19NO3S. The molecular weight excluding hydrogens is 310 g/mol. The molecule has 0 saturated carbocycles. The maximum absolute atomic E-state index is 12.7. The topological polar surface area (TPSA) is 38.8 Å². The molecule has 2 aliphatic rings. The third-order valence-electron chi connectivity index (χ3n) is 4.59. The summed E-state index contributed by atoms with van der Waals surface area (Å²) in [5.41, 5.74) is 0.686. The number of hydrogen-bond acceptors (Lipinski definition) is 4. The number of piperidine rings is 1. The van der Waals surface area contributed by atoms with Crippen LogP contribution in [0.3, 0.4) is 0 Å². The Morgan fingerprint density at radius 1 is 1.17 bits per heavy atom. The molecule has 0 spiro atoms. The van der Waals surface area contributed by atoms with Crippen LogP contribution in [-0.4, -0.2) is 30.7 Å². The first-order valence-electron chi connectivity index (χ1n) is 8.01. The van der Waals surface area contributed by atoms with Crippen molar-refractivity contribution in [3.05, 3.63) is 46.2 Å². The summed E-state index contributed by atoms with van der Waals surface area (Å²) in [6.07, 6.45) is 3.30. The molecule has 0 atom stereocenters. The summed E-state index contributed by atoms with van der Waals surface area (Å²) in [5, 5.41) is 2.13. The molecule has 4 rings (SSSR count). The highest BCUT2D eigenvalue weighted by molar-refractivity contribution is 7.09. The molecule has 1 amide bonds. The van der Waals surface area contributed by atoms with Crippen molar-refractivity contribution in [1.29, 1.82) is 0 Å². The maximum Gasteiger partial charge on any atom is 0.253 e. The number of carbonyl (C=O) groups excluding carboxylic acids is 1. The molecule has 4 nitrogen and oxygen atoms in total. The third-order valence-corrected chi connectivity index (χ3v) is 5.49. The number of rotatable bonds is 3. The fourth-order valence-electron chi connectivity index (χ4n) is 3.27. The van der Waals surface area contributed by atoms with E-state index in [4.69, 9.17) is 9.47 Å². The van der Waals surface area contributed by atoms with Gasteiger partial charge in [-0.2, -0.15) is 0 Å². The van der Waals surface area contributed by atoms with E-state index >= 15 is 0 Å². The van der Waals surface area contributed by atoms with Gasteiger partial charge in [-0.05, 0) is 54.8 Å². The lowest BCUT2D eigenvalue weighted by Crippen LogP contribution is -2.38. The molecule has 0 radical (unpaired) electrons. The zero-order valence-electron chi connectivity index (χ0n) is 12.9. The predicted molar refractivity (Wildman–Crippen MR) is 89.2 cm³/mol. The normalized spacial score (nSPS) is 17.5. The highest BCUT2D eigenvalue weighted by Crippen LogP contribution is 2.33. The molecule has 120 valence electrons. The Kier molecular flexibility index (Phi) is 3.95. The Labute approximate surface area is 139 Å². The van der Waals surface area contributed by atoms with Crippen LogP contribution in [-0.2, 0) is 6.42 Å². The van der Waals surface area contributed by atoms with Gasteiger partial charge in [0.1, 0.15) is 0 Å². The van der Waals surface area contributed by atoms with Crippen molar-refractivity contribution in [3.8, 4) is 11.5 Å². The molecule has 1 saturated heterocycles. The minimum Gasteiger partial charge on any atom is -0.454 e. The largest absolute Gasteiger partial charge is 0.454 e. The Morgan fingerprint density at radius 2 is 2.00 bits per heavy atom. The first-order chi connectivity index (χ1) is 11.3. The third kappa shape index (κ3) is 3.06. The smallest absolute Gasteiger partial charge is 0.253 e. The van der Waals surface area contributed by atoms with E-state index in [2.05, 4.69) is 17.5 Å². The number of likely N-dealkylation sites (tertiary alicyclic amines) is 1. The van der Waals surface area contributed by atoms with Gasteiger partial charge in [0, 0.05) is 23.5 Å². The minimum absolute atomic E-state index is 0.0953. The molecule has 5 heteroatoms. The molecule has 2 aliphatic heterocycles. The second-order valence-corrected chi connectivity index (χ2v) is 7.12. The van der Waals surface area contributed by atoms with Crippen LogP contribution in [0.1, 0.15) is 28.1 Å². The Bertz CT molecular complexity index is 690. The van der Waals surface area contributed by atoms with Crippen LogP contribution in [0.15, 0.2) is 35.7 Å². The summed E-state index contributed by atoms with van der Waals surface area (Å²) >= 11 is 1.83. The molecule has 1 fully saturated rings. The zero-order chi connectivity index (χ0) is 15.6. The first-order valence-corrected chi connectivity index (χ1v) is 8.89. The first kappa shape index (κ1) is 14.6. The average molecular weight is 329 g/mol. The van der Waals surface area contributed by atoms with E-state index in [1.807, 2.05) is 28.4 Å². The van der Waals surface area contributed by atoms with E-state index in [-0.39, 0.29) is 12.7 Å². The summed E-state index contributed by atoms with van der Waals surface area (Å²) in [6, 6.07) is 9.75. The van der Waals surface area contributed by atoms with E-state index < -0.39 is 0 Å². The van der Waals surface area contributed by atoms with E-state index in [1.165, 1.54) is 4.88 Å². The van der Waals surface area contributed by atoms with Crippen LogP contribution in [0.25, 0.3) is 0 Å². The number of hydrogen-bond donors (Lipinski definition) is 0. The van der Waals surface area contributed by atoms with E-state index in [0.29, 0.717) is 17.2 Å². The van der Waals surface area contributed by atoms with Crippen molar-refractivity contribution < 1.29 is 14.3 Å². The van der Waals surface area contributed by atoms with Gasteiger partial charge in [0.2, 0.25) is 6.79 Å². The van der Waals surface area contributed by atoms with Crippen molar-refractivity contribution in [2.45, 2.75) is 19.3 Å².